The van der Waals surface area contributed by atoms with Gasteiger partial charge in [-0.15, -0.1) is 0 Å². The molecule has 1 aromatic heterocycles. The molecule has 49 heavy (non-hydrogen) atoms. The van der Waals surface area contributed by atoms with Crippen LogP contribution in [-0.2, 0) is 14.8 Å². The monoisotopic (exact) mass is 711 g/mol. The number of para-hydroxylation sites is 1. The van der Waals surface area contributed by atoms with Gasteiger partial charge in [0.15, 0.2) is 11.7 Å². The number of aliphatic hydroxyl groups excluding tert-OH is 1. The minimum absolute atomic E-state index is 0.00328. The van der Waals surface area contributed by atoms with Crippen LogP contribution in [0.15, 0.2) is 59.8 Å². The molecule has 2 aliphatic heterocycles. The Kier molecular flexibility index (Phi) is 11.5. The fourth-order valence-corrected chi connectivity index (χ4v) is 8.32. The van der Waals surface area contributed by atoms with Gasteiger partial charge in [0.05, 0.1) is 26.9 Å². The molecule has 2 aliphatic rings. The molecular formula is C35H49N5O7SSi. The van der Waals surface area contributed by atoms with E-state index in [0.717, 1.165) is 41.1 Å². The van der Waals surface area contributed by atoms with Crippen LogP contribution in [0.3, 0.4) is 0 Å². The van der Waals surface area contributed by atoms with E-state index in [0.29, 0.717) is 48.7 Å². The molecule has 0 bridgehead atoms. The Balaban J connectivity index is 1.58. The number of amidine groups is 1. The maximum Gasteiger partial charge on any atom is 0.217 e. The smallest absolute Gasteiger partial charge is 0.217 e. The lowest BCUT2D eigenvalue weighted by molar-refractivity contribution is 0.0542. The predicted molar refractivity (Wildman–Crippen MR) is 196 cm³/mol. The van der Waals surface area contributed by atoms with Crippen molar-refractivity contribution in [2.45, 2.75) is 62.8 Å². The van der Waals surface area contributed by atoms with Crippen LogP contribution in [0.4, 0.5) is 5.82 Å². The lowest BCUT2D eigenvalue weighted by Crippen LogP contribution is -2.52. The van der Waals surface area contributed by atoms with Crippen molar-refractivity contribution in [1.29, 1.82) is 0 Å². The maximum absolute atomic E-state index is 13.4. The number of hydrogen-bond acceptors (Lipinski definition) is 11. The molecular weight excluding hydrogens is 663 g/mol. The summed E-state index contributed by atoms with van der Waals surface area (Å²) in [5.41, 5.74) is 3.12. The third-order valence-electron chi connectivity index (χ3n) is 9.06. The van der Waals surface area contributed by atoms with Gasteiger partial charge in [0, 0.05) is 56.8 Å². The van der Waals surface area contributed by atoms with E-state index in [-0.39, 0.29) is 12.7 Å². The molecule has 12 nitrogen and oxygen atoms in total. The zero-order valence-corrected chi connectivity index (χ0v) is 31.3. The van der Waals surface area contributed by atoms with Gasteiger partial charge in [0.2, 0.25) is 10.0 Å². The topological polar surface area (TPSA) is 135 Å². The Morgan fingerprint density at radius 2 is 1.59 bits per heavy atom. The number of nitrogens with one attached hydrogen (secondary N) is 1. The van der Waals surface area contributed by atoms with Crippen molar-refractivity contribution in [3.05, 3.63) is 54.7 Å². The van der Waals surface area contributed by atoms with E-state index < -0.39 is 29.5 Å². The van der Waals surface area contributed by atoms with Crippen molar-refractivity contribution in [3.63, 3.8) is 0 Å². The van der Waals surface area contributed by atoms with Crippen LogP contribution in [0, 0.1) is 0 Å². The zero-order chi connectivity index (χ0) is 35.3. The molecule has 2 N–H and O–H groups in total. The minimum Gasteiger partial charge on any atom is -0.496 e. The normalized spacial score (nSPS) is 17.1. The highest BCUT2D eigenvalue weighted by Crippen LogP contribution is 2.46. The van der Waals surface area contributed by atoms with Crippen LogP contribution < -0.4 is 23.9 Å². The number of pyridine rings is 1. The molecule has 1 saturated heterocycles. The molecule has 3 aromatic rings. The largest absolute Gasteiger partial charge is 0.496 e. The van der Waals surface area contributed by atoms with E-state index in [9.17, 15) is 13.5 Å². The van der Waals surface area contributed by atoms with Gasteiger partial charge in [-0.1, -0.05) is 43.9 Å². The fraction of sp³-hybridized carbons (Fsp3) is 0.486. The van der Waals surface area contributed by atoms with Crippen LogP contribution in [-0.4, -0.2) is 102 Å². The van der Waals surface area contributed by atoms with Crippen molar-refractivity contribution in [1.82, 2.24) is 14.6 Å². The van der Waals surface area contributed by atoms with Crippen molar-refractivity contribution < 1.29 is 32.5 Å². The third kappa shape index (κ3) is 8.21. The van der Waals surface area contributed by atoms with Gasteiger partial charge in [-0.2, -0.15) is 5.10 Å². The molecule has 1 unspecified atom stereocenters. The number of rotatable bonds is 14. The number of hydrazone groups is 1. The number of benzene rings is 2. The highest BCUT2D eigenvalue weighted by atomic mass is 32.2. The van der Waals surface area contributed by atoms with Gasteiger partial charge in [-0.25, -0.2) is 23.1 Å². The lowest BCUT2D eigenvalue weighted by Gasteiger charge is -2.35. The Hall–Kier alpha value is -3.69. The molecule has 0 amide bonds. The van der Waals surface area contributed by atoms with E-state index >= 15 is 0 Å². The van der Waals surface area contributed by atoms with Crippen molar-refractivity contribution in [2.75, 3.05) is 52.8 Å². The molecule has 266 valence electrons. The molecule has 5 rings (SSSR count). The SMILES string of the molecule is COc1ccccc1-c1cnc(N2CN(C3CCOCC3)C(C(O)[C@@H](C)S(=O)(=O)NCC[Si](C)(C)C)=N2)cc1-c1c(OC)cccc1OC. The van der Waals surface area contributed by atoms with Crippen molar-refractivity contribution in [3.8, 4) is 39.5 Å². The summed E-state index contributed by atoms with van der Waals surface area (Å²) in [5, 5.41) is 17.1. The summed E-state index contributed by atoms with van der Waals surface area (Å²) >= 11 is 0. The summed E-state index contributed by atoms with van der Waals surface area (Å²) in [7, 11) is -0.452. The van der Waals surface area contributed by atoms with E-state index in [1.165, 1.54) is 6.92 Å². The number of anilines is 1. The molecule has 0 radical (unpaired) electrons. The number of ether oxygens (including phenoxy) is 4. The summed E-state index contributed by atoms with van der Waals surface area (Å²) in [4.78, 5) is 6.86. The second kappa shape index (κ2) is 15.5. The number of hydrogen-bond donors (Lipinski definition) is 2. The standard InChI is InChI=1S/C35H49N5O7SSi/c1-24(48(42,43)37-17-20-49(5,6)7)34(41)35-38-40(23-39(35)25-15-18-47-19-16-25)32-21-27(33-30(45-3)13-10-14-31(33)46-4)28(22-36-32)26-11-8-9-12-29(26)44-2/h8-14,21-22,24-25,34,37,41H,15-20,23H2,1-7H3/t24-,34?/m1/s1. The lowest BCUT2D eigenvalue weighted by atomic mass is 9.94. The molecule has 2 atom stereocenters. The van der Waals surface area contributed by atoms with E-state index in [4.69, 9.17) is 29.0 Å². The molecule has 14 heteroatoms. The number of aromatic nitrogens is 1. The maximum atomic E-state index is 13.4. The second-order valence-corrected chi connectivity index (χ2v) is 21.3. The van der Waals surface area contributed by atoms with Crippen LogP contribution in [0.5, 0.6) is 17.2 Å². The first-order chi connectivity index (χ1) is 23.4. The first-order valence-electron chi connectivity index (χ1n) is 16.6. The second-order valence-electron chi connectivity index (χ2n) is 13.5. The number of methoxy groups -OCH3 is 3. The molecule has 0 saturated carbocycles. The Bertz CT molecular complexity index is 1720. The molecule has 0 aliphatic carbocycles. The summed E-state index contributed by atoms with van der Waals surface area (Å²) in [5.74, 6) is 2.69. The van der Waals surface area contributed by atoms with Gasteiger partial charge < -0.3 is 29.0 Å². The Morgan fingerprint density at radius 1 is 0.959 bits per heavy atom. The predicted octanol–water partition coefficient (Wildman–Crippen LogP) is 5.02. The Morgan fingerprint density at radius 3 is 2.22 bits per heavy atom. The van der Waals surface area contributed by atoms with E-state index in [2.05, 4.69) is 24.4 Å². The number of aliphatic hydroxyl groups is 1. The van der Waals surface area contributed by atoms with Crippen molar-refractivity contribution >= 4 is 29.8 Å². The molecule has 3 heterocycles. The molecule has 0 spiro atoms. The summed E-state index contributed by atoms with van der Waals surface area (Å²) in [6, 6.07) is 16.0. The highest BCUT2D eigenvalue weighted by Gasteiger charge is 2.41. The molecule has 2 aromatic carbocycles. The quantitative estimate of drug-likeness (QED) is 0.220. The van der Waals surface area contributed by atoms with E-state index in [1.807, 2.05) is 53.4 Å². The summed E-state index contributed by atoms with van der Waals surface area (Å²) in [6.07, 6.45) is 1.84. The molecule has 1 fully saturated rings. The fourth-order valence-electron chi connectivity index (χ4n) is 6.15. The van der Waals surface area contributed by atoms with Gasteiger partial charge in [0.25, 0.3) is 0 Å². The first-order valence-corrected chi connectivity index (χ1v) is 21.9. The first kappa shape index (κ1) is 36.6. The summed E-state index contributed by atoms with van der Waals surface area (Å²) in [6.45, 7) is 9.87. The number of sulfonamides is 1. The van der Waals surface area contributed by atoms with Gasteiger partial charge in [-0.3, -0.25) is 0 Å². The van der Waals surface area contributed by atoms with Gasteiger partial charge in [0.1, 0.15) is 35.3 Å². The van der Waals surface area contributed by atoms with Crippen LogP contribution in [0.25, 0.3) is 22.3 Å². The minimum atomic E-state index is -3.84. The Labute approximate surface area is 291 Å². The number of nitrogens with zero attached hydrogens (tertiary/aromatic N) is 4. The third-order valence-corrected chi connectivity index (χ3v) is 12.7. The van der Waals surface area contributed by atoms with E-state index in [1.54, 1.807) is 32.5 Å². The van der Waals surface area contributed by atoms with Gasteiger partial charge >= 0.3 is 0 Å². The summed E-state index contributed by atoms with van der Waals surface area (Å²) < 4.78 is 52.5. The van der Waals surface area contributed by atoms with Crippen molar-refractivity contribution in [2.24, 2.45) is 5.10 Å². The average molecular weight is 712 g/mol. The van der Waals surface area contributed by atoms with Crippen LogP contribution in [0.1, 0.15) is 19.8 Å². The average Bonchev–Trinajstić information content (AvgIpc) is 3.55. The van der Waals surface area contributed by atoms with Crippen LogP contribution >= 0.6 is 0 Å². The van der Waals surface area contributed by atoms with Gasteiger partial charge in [-0.05, 0) is 50.1 Å². The highest BCUT2D eigenvalue weighted by molar-refractivity contribution is 7.90. The van der Waals surface area contributed by atoms with Crippen LogP contribution in [0.2, 0.25) is 25.7 Å². The zero-order valence-electron chi connectivity index (χ0n) is 29.5.